The van der Waals surface area contributed by atoms with Crippen molar-refractivity contribution in [3.8, 4) is 6.07 Å². The summed E-state index contributed by atoms with van der Waals surface area (Å²) in [6, 6.07) is 6.20. The number of nitro groups is 1. The van der Waals surface area contributed by atoms with Gasteiger partial charge in [0.05, 0.1) is 28.3 Å². The lowest BCUT2D eigenvalue weighted by Gasteiger charge is -2.36. The van der Waals surface area contributed by atoms with E-state index in [1.807, 2.05) is 18.0 Å². The van der Waals surface area contributed by atoms with Gasteiger partial charge in [0, 0.05) is 19.2 Å². The lowest BCUT2D eigenvalue weighted by molar-refractivity contribution is -0.384. The van der Waals surface area contributed by atoms with Gasteiger partial charge in [0.1, 0.15) is 6.07 Å². The van der Waals surface area contributed by atoms with Gasteiger partial charge in [-0.3, -0.25) is 10.1 Å². The quantitative estimate of drug-likeness (QED) is 0.674. The van der Waals surface area contributed by atoms with Crippen molar-refractivity contribution in [2.45, 2.75) is 37.8 Å². The molecule has 0 amide bonds. The highest BCUT2D eigenvalue weighted by molar-refractivity contribution is 5.63. The van der Waals surface area contributed by atoms with Crippen LogP contribution in [0.2, 0.25) is 0 Å². The third-order valence-electron chi connectivity index (χ3n) is 3.88. The molecule has 1 aromatic carbocycles. The molecule has 6 heteroatoms. The van der Waals surface area contributed by atoms with Crippen molar-refractivity contribution >= 4 is 11.4 Å². The second-order valence-corrected chi connectivity index (χ2v) is 5.10. The summed E-state index contributed by atoms with van der Waals surface area (Å²) in [5.74, 6) is 0. The first kappa shape index (κ1) is 14.3. The van der Waals surface area contributed by atoms with Gasteiger partial charge in [0.15, 0.2) is 0 Å². The highest BCUT2D eigenvalue weighted by Gasteiger charge is 2.28. The molecule has 2 atom stereocenters. The van der Waals surface area contributed by atoms with Gasteiger partial charge in [0.2, 0.25) is 0 Å². The van der Waals surface area contributed by atoms with Crippen LogP contribution in [0.15, 0.2) is 18.2 Å². The lowest BCUT2D eigenvalue weighted by Crippen LogP contribution is -2.43. The molecule has 1 aliphatic carbocycles. The Morgan fingerprint density at radius 3 is 2.75 bits per heavy atom. The molecule has 1 N–H and O–H groups in total. The average Bonchev–Trinajstić information content (AvgIpc) is 2.46. The van der Waals surface area contributed by atoms with Gasteiger partial charge in [0.25, 0.3) is 5.69 Å². The van der Waals surface area contributed by atoms with Gasteiger partial charge in [-0.2, -0.15) is 5.26 Å². The van der Waals surface area contributed by atoms with E-state index < -0.39 is 11.0 Å². The number of hydrogen-bond donors (Lipinski definition) is 1. The Labute approximate surface area is 117 Å². The number of likely N-dealkylation sites (N-methyl/N-ethyl adjacent to an activating group) is 1. The van der Waals surface area contributed by atoms with Crippen molar-refractivity contribution in [1.82, 2.24) is 0 Å². The second-order valence-electron chi connectivity index (χ2n) is 5.10. The normalized spacial score (nSPS) is 22.1. The Hall–Kier alpha value is -2.13. The zero-order valence-electron chi connectivity index (χ0n) is 11.3. The van der Waals surface area contributed by atoms with Crippen LogP contribution in [-0.4, -0.2) is 29.2 Å². The fourth-order valence-electron chi connectivity index (χ4n) is 2.76. The van der Waals surface area contributed by atoms with Crippen molar-refractivity contribution in [3.63, 3.8) is 0 Å². The highest BCUT2D eigenvalue weighted by Crippen LogP contribution is 2.30. The number of hydrogen-bond acceptors (Lipinski definition) is 5. The molecule has 0 radical (unpaired) electrons. The number of aliphatic hydroxyl groups is 1. The van der Waals surface area contributed by atoms with Gasteiger partial charge in [-0.25, -0.2) is 0 Å². The van der Waals surface area contributed by atoms with Crippen LogP contribution < -0.4 is 4.90 Å². The number of benzene rings is 1. The van der Waals surface area contributed by atoms with E-state index in [0.717, 1.165) is 25.7 Å². The first-order chi connectivity index (χ1) is 9.54. The molecule has 0 aliphatic heterocycles. The Bertz CT molecular complexity index is 553. The maximum absolute atomic E-state index is 10.7. The minimum Gasteiger partial charge on any atom is -0.391 e. The summed E-state index contributed by atoms with van der Waals surface area (Å²) in [7, 11) is 1.82. The lowest BCUT2D eigenvalue weighted by atomic mass is 9.91. The van der Waals surface area contributed by atoms with Gasteiger partial charge in [-0.05, 0) is 18.9 Å². The van der Waals surface area contributed by atoms with Crippen LogP contribution >= 0.6 is 0 Å². The fourth-order valence-corrected chi connectivity index (χ4v) is 2.76. The summed E-state index contributed by atoms with van der Waals surface area (Å²) < 4.78 is 0. The molecule has 0 heterocycles. The van der Waals surface area contributed by atoms with Gasteiger partial charge >= 0.3 is 0 Å². The number of anilines is 1. The SMILES string of the molecule is CN(c1ccc([N+](=O)[O-])cc1C#N)C1CCCCC1O. The minimum absolute atomic E-state index is 0.0442. The second kappa shape index (κ2) is 5.88. The maximum atomic E-state index is 10.7. The highest BCUT2D eigenvalue weighted by atomic mass is 16.6. The number of aliphatic hydroxyl groups excluding tert-OH is 1. The number of nitriles is 1. The zero-order valence-corrected chi connectivity index (χ0v) is 11.3. The minimum atomic E-state index is -0.514. The van der Waals surface area contributed by atoms with Crippen molar-refractivity contribution in [2.24, 2.45) is 0 Å². The molecule has 0 spiro atoms. The predicted octanol–water partition coefficient (Wildman–Crippen LogP) is 2.21. The Morgan fingerprint density at radius 2 is 2.15 bits per heavy atom. The number of rotatable bonds is 3. The van der Waals surface area contributed by atoms with E-state index in [9.17, 15) is 20.5 Å². The molecule has 0 saturated heterocycles. The van der Waals surface area contributed by atoms with Crippen LogP contribution in [0.1, 0.15) is 31.2 Å². The summed E-state index contributed by atoms with van der Waals surface area (Å²) in [5.41, 5.74) is 0.798. The molecule has 106 valence electrons. The van der Waals surface area contributed by atoms with Crippen LogP contribution in [0.5, 0.6) is 0 Å². The summed E-state index contributed by atoms with van der Waals surface area (Å²) in [5, 5.41) is 30.0. The van der Waals surface area contributed by atoms with Crippen molar-refractivity contribution in [2.75, 3.05) is 11.9 Å². The maximum Gasteiger partial charge on any atom is 0.270 e. The molecule has 2 unspecified atom stereocenters. The number of nitro benzene ring substituents is 1. The Balaban J connectivity index is 2.32. The molecule has 1 saturated carbocycles. The third kappa shape index (κ3) is 2.73. The summed E-state index contributed by atoms with van der Waals surface area (Å²) in [6.45, 7) is 0. The molecule has 1 aromatic rings. The van der Waals surface area contributed by atoms with Crippen LogP contribution in [0, 0.1) is 21.4 Å². The van der Waals surface area contributed by atoms with E-state index in [1.165, 1.54) is 12.1 Å². The molecule has 20 heavy (non-hydrogen) atoms. The van der Waals surface area contributed by atoms with E-state index in [1.54, 1.807) is 6.07 Å². The fraction of sp³-hybridized carbons (Fsp3) is 0.500. The Morgan fingerprint density at radius 1 is 1.45 bits per heavy atom. The topological polar surface area (TPSA) is 90.4 Å². The average molecular weight is 275 g/mol. The first-order valence-corrected chi connectivity index (χ1v) is 6.64. The smallest absolute Gasteiger partial charge is 0.270 e. The largest absolute Gasteiger partial charge is 0.391 e. The first-order valence-electron chi connectivity index (χ1n) is 6.64. The molecule has 0 aromatic heterocycles. The molecule has 6 nitrogen and oxygen atoms in total. The van der Waals surface area contributed by atoms with Crippen LogP contribution in [0.25, 0.3) is 0 Å². The van der Waals surface area contributed by atoms with Crippen LogP contribution in [0.4, 0.5) is 11.4 Å². The van der Waals surface area contributed by atoms with E-state index in [4.69, 9.17) is 0 Å². The molecule has 1 aliphatic rings. The molecule has 1 fully saturated rings. The molecular weight excluding hydrogens is 258 g/mol. The van der Waals surface area contributed by atoms with E-state index in [2.05, 4.69) is 0 Å². The van der Waals surface area contributed by atoms with Crippen LogP contribution in [-0.2, 0) is 0 Å². The molecule has 2 rings (SSSR count). The standard InChI is InChI=1S/C14H17N3O3/c1-16(13-4-2-3-5-14(13)18)12-7-6-11(17(19)20)8-10(12)9-15/h6-8,13-14,18H,2-5H2,1H3. The monoisotopic (exact) mass is 275 g/mol. The predicted molar refractivity (Wildman–Crippen MR) is 74.5 cm³/mol. The molecule has 0 bridgehead atoms. The Kier molecular flexibility index (Phi) is 4.20. The van der Waals surface area contributed by atoms with E-state index in [-0.39, 0.29) is 17.3 Å². The van der Waals surface area contributed by atoms with Crippen molar-refractivity contribution in [3.05, 3.63) is 33.9 Å². The number of non-ortho nitro benzene ring substituents is 1. The third-order valence-corrected chi connectivity index (χ3v) is 3.88. The summed E-state index contributed by atoms with van der Waals surface area (Å²) in [6.07, 6.45) is 3.25. The van der Waals surface area contributed by atoms with E-state index in [0.29, 0.717) is 5.69 Å². The molecular formula is C14H17N3O3. The van der Waals surface area contributed by atoms with Crippen molar-refractivity contribution < 1.29 is 10.0 Å². The van der Waals surface area contributed by atoms with Crippen LogP contribution in [0.3, 0.4) is 0 Å². The summed E-state index contributed by atoms with van der Waals surface area (Å²) >= 11 is 0. The van der Waals surface area contributed by atoms with E-state index >= 15 is 0 Å². The number of nitrogens with zero attached hydrogens (tertiary/aromatic N) is 3. The summed E-state index contributed by atoms with van der Waals surface area (Å²) in [4.78, 5) is 12.1. The van der Waals surface area contributed by atoms with Crippen molar-refractivity contribution in [1.29, 1.82) is 5.26 Å². The van der Waals surface area contributed by atoms with Gasteiger partial charge < -0.3 is 10.0 Å². The van der Waals surface area contributed by atoms with Gasteiger partial charge in [-0.1, -0.05) is 12.8 Å². The van der Waals surface area contributed by atoms with Gasteiger partial charge in [-0.15, -0.1) is 0 Å². The zero-order chi connectivity index (χ0) is 14.7.